The number of carbonyl (C=O) groups is 1. The monoisotopic (exact) mass is 447 g/mol. The van der Waals surface area contributed by atoms with Crippen LogP contribution in [0.2, 0.25) is 0 Å². The molecule has 0 unspecified atom stereocenters. The van der Waals surface area contributed by atoms with Crippen molar-refractivity contribution in [2.24, 2.45) is 0 Å². The molecular formula is C25H25N3OS2. The zero-order valence-corrected chi connectivity index (χ0v) is 19.5. The van der Waals surface area contributed by atoms with Crippen molar-refractivity contribution in [1.82, 2.24) is 9.97 Å². The molecule has 0 bridgehead atoms. The molecule has 0 radical (unpaired) electrons. The van der Waals surface area contributed by atoms with Gasteiger partial charge in [-0.2, -0.15) is 0 Å². The highest BCUT2D eigenvalue weighted by Crippen LogP contribution is 2.34. The van der Waals surface area contributed by atoms with Crippen molar-refractivity contribution in [3.8, 4) is 0 Å². The molecule has 2 aromatic heterocycles. The van der Waals surface area contributed by atoms with E-state index in [0.29, 0.717) is 18.2 Å². The first kappa shape index (κ1) is 21.5. The van der Waals surface area contributed by atoms with Gasteiger partial charge in [-0.3, -0.25) is 14.7 Å². The third kappa shape index (κ3) is 5.14. The number of thioether (sulfide) groups is 1. The van der Waals surface area contributed by atoms with Gasteiger partial charge in [-0.15, -0.1) is 11.8 Å². The molecule has 0 aliphatic rings. The molecule has 0 fully saturated rings. The number of amides is 1. The first-order valence-corrected chi connectivity index (χ1v) is 12.1. The topological polar surface area (TPSA) is 46.1 Å². The highest BCUT2D eigenvalue weighted by atomic mass is 32.2. The molecule has 0 aliphatic heterocycles. The summed E-state index contributed by atoms with van der Waals surface area (Å²) in [7, 11) is 0. The van der Waals surface area contributed by atoms with E-state index in [1.54, 1.807) is 40.4 Å². The number of hydrogen-bond acceptors (Lipinski definition) is 5. The lowest BCUT2D eigenvalue weighted by Gasteiger charge is -2.20. The molecule has 1 amide bonds. The van der Waals surface area contributed by atoms with Crippen molar-refractivity contribution in [3.05, 3.63) is 83.7 Å². The van der Waals surface area contributed by atoms with Gasteiger partial charge in [0.25, 0.3) is 0 Å². The molecule has 2 aromatic carbocycles. The fraction of sp³-hybridized carbons (Fsp3) is 0.240. The number of aromatic nitrogens is 2. The number of para-hydroxylation sites is 1. The highest BCUT2D eigenvalue weighted by molar-refractivity contribution is 8.00. The molecule has 4 rings (SSSR count). The van der Waals surface area contributed by atoms with Gasteiger partial charge in [0.1, 0.15) is 0 Å². The van der Waals surface area contributed by atoms with E-state index in [4.69, 9.17) is 4.98 Å². The number of thiazole rings is 1. The number of pyridine rings is 1. The summed E-state index contributed by atoms with van der Waals surface area (Å²) in [5.74, 6) is 0.772. The van der Waals surface area contributed by atoms with Crippen LogP contribution in [-0.4, -0.2) is 21.6 Å². The summed E-state index contributed by atoms with van der Waals surface area (Å²) in [5, 5.41) is 0.737. The number of carbonyl (C=O) groups excluding carboxylic acids is 1. The van der Waals surface area contributed by atoms with Gasteiger partial charge in [0.15, 0.2) is 5.13 Å². The number of fused-ring (bicyclic) bond motifs is 1. The quantitative estimate of drug-likeness (QED) is 0.306. The standard InChI is InChI=1S/C25H25N3OS2/c1-17(2)21-7-4-8-22-24(21)27-25(31-22)28(15-19-6-5-13-26-14-19)23(29)16-30-20-11-9-18(3)10-12-20/h4-14,17H,15-16H2,1-3H3. The summed E-state index contributed by atoms with van der Waals surface area (Å²) in [6.07, 6.45) is 3.55. The van der Waals surface area contributed by atoms with E-state index in [0.717, 1.165) is 25.8 Å². The summed E-state index contributed by atoms with van der Waals surface area (Å²) in [6.45, 7) is 6.86. The fourth-order valence-electron chi connectivity index (χ4n) is 3.33. The predicted octanol–water partition coefficient (Wildman–Crippen LogP) is 6.45. The Hall–Kier alpha value is -2.70. The minimum atomic E-state index is 0.0413. The van der Waals surface area contributed by atoms with Crippen LogP contribution in [0.3, 0.4) is 0 Å². The third-order valence-corrected chi connectivity index (χ3v) is 7.08. The number of benzene rings is 2. The molecule has 2 heterocycles. The van der Waals surface area contributed by atoms with E-state index in [-0.39, 0.29) is 5.91 Å². The van der Waals surface area contributed by atoms with Gasteiger partial charge in [-0.25, -0.2) is 4.98 Å². The molecule has 0 saturated heterocycles. The predicted molar refractivity (Wildman–Crippen MR) is 131 cm³/mol. The second-order valence-corrected chi connectivity index (χ2v) is 9.85. The Bertz CT molecular complexity index is 1170. The Morgan fingerprint density at radius 1 is 1.10 bits per heavy atom. The van der Waals surface area contributed by atoms with Crippen molar-refractivity contribution in [2.75, 3.05) is 10.7 Å². The summed E-state index contributed by atoms with van der Waals surface area (Å²) in [4.78, 5) is 25.3. The average molecular weight is 448 g/mol. The van der Waals surface area contributed by atoms with Crippen LogP contribution in [0.5, 0.6) is 0 Å². The Morgan fingerprint density at radius 3 is 2.61 bits per heavy atom. The lowest BCUT2D eigenvalue weighted by atomic mass is 10.0. The van der Waals surface area contributed by atoms with Crippen molar-refractivity contribution in [2.45, 2.75) is 38.1 Å². The van der Waals surface area contributed by atoms with Gasteiger partial charge in [0.05, 0.1) is 22.5 Å². The molecule has 0 N–H and O–H groups in total. The lowest BCUT2D eigenvalue weighted by Crippen LogP contribution is -2.31. The number of hydrogen-bond donors (Lipinski definition) is 0. The fourth-order valence-corrected chi connectivity index (χ4v) is 5.13. The van der Waals surface area contributed by atoms with E-state index >= 15 is 0 Å². The van der Waals surface area contributed by atoms with E-state index in [9.17, 15) is 4.79 Å². The second kappa shape index (κ2) is 9.62. The third-order valence-electron chi connectivity index (χ3n) is 5.04. The minimum absolute atomic E-state index is 0.0413. The SMILES string of the molecule is Cc1ccc(SCC(=O)N(Cc2cccnc2)c2nc3c(C(C)C)cccc3s2)cc1. The summed E-state index contributed by atoms with van der Waals surface area (Å²) in [6, 6.07) is 18.4. The van der Waals surface area contributed by atoms with Gasteiger partial charge >= 0.3 is 0 Å². The Balaban J connectivity index is 1.64. The molecular weight excluding hydrogens is 422 g/mol. The Kier molecular flexibility index (Phi) is 6.68. The largest absolute Gasteiger partial charge is 0.283 e. The molecule has 0 spiro atoms. The summed E-state index contributed by atoms with van der Waals surface area (Å²) < 4.78 is 1.11. The Morgan fingerprint density at radius 2 is 1.90 bits per heavy atom. The average Bonchev–Trinajstić information content (AvgIpc) is 3.21. The molecule has 158 valence electrons. The van der Waals surface area contributed by atoms with Crippen LogP contribution >= 0.6 is 23.1 Å². The summed E-state index contributed by atoms with van der Waals surface area (Å²) in [5.41, 5.74) is 4.40. The van der Waals surface area contributed by atoms with Gasteiger partial charge in [-0.1, -0.05) is 61.1 Å². The molecule has 31 heavy (non-hydrogen) atoms. The molecule has 0 aliphatic carbocycles. The lowest BCUT2D eigenvalue weighted by molar-refractivity contribution is -0.116. The van der Waals surface area contributed by atoms with E-state index in [1.807, 2.05) is 12.1 Å². The second-order valence-electron chi connectivity index (χ2n) is 7.79. The smallest absolute Gasteiger partial charge is 0.239 e. The van der Waals surface area contributed by atoms with Gasteiger partial charge in [0, 0.05) is 17.3 Å². The number of rotatable bonds is 7. The van der Waals surface area contributed by atoms with E-state index in [2.05, 4.69) is 68.2 Å². The van der Waals surface area contributed by atoms with Crippen molar-refractivity contribution < 1.29 is 4.79 Å². The molecule has 0 atom stereocenters. The zero-order chi connectivity index (χ0) is 21.8. The normalized spacial score (nSPS) is 11.2. The first-order chi connectivity index (χ1) is 15.0. The number of nitrogens with zero attached hydrogens (tertiary/aromatic N) is 3. The van der Waals surface area contributed by atoms with Crippen LogP contribution < -0.4 is 4.90 Å². The summed E-state index contributed by atoms with van der Waals surface area (Å²) >= 11 is 3.13. The van der Waals surface area contributed by atoms with Crippen LogP contribution in [0, 0.1) is 6.92 Å². The van der Waals surface area contributed by atoms with Crippen molar-refractivity contribution in [3.63, 3.8) is 0 Å². The number of aryl methyl sites for hydroxylation is 1. The number of anilines is 1. The van der Waals surface area contributed by atoms with E-state index in [1.165, 1.54) is 11.1 Å². The molecule has 4 aromatic rings. The van der Waals surface area contributed by atoms with Crippen LogP contribution in [0.15, 0.2) is 71.9 Å². The maximum atomic E-state index is 13.3. The van der Waals surface area contributed by atoms with Gasteiger partial charge in [0.2, 0.25) is 5.91 Å². The van der Waals surface area contributed by atoms with Gasteiger partial charge < -0.3 is 0 Å². The zero-order valence-electron chi connectivity index (χ0n) is 17.9. The minimum Gasteiger partial charge on any atom is -0.283 e. The molecule has 6 heteroatoms. The van der Waals surface area contributed by atoms with Crippen LogP contribution in [0.1, 0.15) is 36.5 Å². The van der Waals surface area contributed by atoms with Crippen LogP contribution in [-0.2, 0) is 11.3 Å². The molecule has 0 saturated carbocycles. The van der Waals surface area contributed by atoms with Crippen LogP contribution in [0.4, 0.5) is 5.13 Å². The Labute approximate surface area is 191 Å². The van der Waals surface area contributed by atoms with Crippen molar-refractivity contribution >= 4 is 44.4 Å². The highest BCUT2D eigenvalue weighted by Gasteiger charge is 2.22. The van der Waals surface area contributed by atoms with Crippen molar-refractivity contribution in [1.29, 1.82) is 0 Å². The molecule has 4 nitrogen and oxygen atoms in total. The maximum absolute atomic E-state index is 13.3. The maximum Gasteiger partial charge on any atom is 0.239 e. The van der Waals surface area contributed by atoms with Crippen LogP contribution in [0.25, 0.3) is 10.2 Å². The first-order valence-electron chi connectivity index (χ1n) is 10.3. The van der Waals surface area contributed by atoms with E-state index < -0.39 is 0 Å². The van der Waals surface area contributed by atoms with Gasteiger partial charge in [-0.05, 0) is 48.2 Å².